The second-order valence-electron chi connectivity index (χ2n) is 6.61. The van der Waals surface area contributed by atoms with Crippen LogP contribution in [0.1, 0.15) is 50.7 Å². The minimum absolute atomic E-state index is 0.214. The molecule has 2 rings (SSSR count). The summed E-state index contributed by atoms with van der Waals surface area (Å²) in [5.41, 5.74) is 0.500. The molecule has 0 spiro atoms. The molecule has 2 heterocycles. The van der Waals surface area contributed by atoms with Gasteiger partial charge in [-0.15, -0.1) is 22.9 Å². The quantitative estimate of drug-likeness (QED) is 0.761. The van der Waals surface area contributed by atoms with Crippen molar-refractivity contribution >= 4 is 29.0 Å². The largest absolute Gasteiger partial charge is 0.444 e. The number of carbonyl (C=O) groups is 1. The van der Waals surface area contributed by atoms with E-state index in [4.69, 9.17) is 16.3 Å². The van der Waals surface area contributed by atoms with Gasteiger partial charge in [0.05, 0.1) is 16.6 Å². The molecule has 1 amide bonds. The predicted molar refractivity (Wildman–Crippen MR) is 86.0 cm³/mol. The Bertz CT molecular complexity index is 498. The molecule has 21 heavy (non-hydrogen) atoms. The number of amides is 1. The van der Waals surface area contributed by atoms with Crippen molar-refractivity contribution in [1.29, 1.82) is 0 Å². The zero-order valence-corrected chi connectivity index (χ0v) is 14.6. The van der Waals surface area contributed by atoms with Crippen molar-refractivity contribution < 1.29 is 9.53 Å². The van der Waals surface area contributed by atoms with Gasteiger partial charge in [0.1, 0.15) is 5.60 Å². The maximum atomic E-state index is 12.1. The highest BCUT2D eigenvalue weighted by Gasteiger charge is 2.33. The summed E-state index contributed by atoms with van der Waals surface area (Å²) in [6.45, 7) is 9.29. The van der Waals surface area contributed by atoms with Crippen LogP contribution in [0.2, 0.25) is 0 Å². The summed E-state index contributed by atoms with van der Waals surface area (Å²) in [5.74, 6) is 1.24. The molecule has 1 saturated heterocycles. The molecule has 4 nitrogen and oxygen atoms in total. The highest BCUT2D eigenvalue weighted by Crippen LogP contribution is 2.35. The molecule has 1 fully saturated rings. The van der Waals surface area contributed by atoms with Gasteiger partial charge < -0.3 is 9.64 Å². The molecule has 0 aliphatic carbocycles. The molecule has 0 unspecified atom stereocenters. The summed E-state index contributed by atoms with van der Waals surface area (Å²) in [4.78, 5) is 18.5. The molecule has 2 atom stereocenters. The van der Waals surface area contributed by atoms with Crippen LogP contribution in [0.5, 0.6) is 0 Å². The molecular formula is C15H23ClN2O2S. The SMILES string of the molecule is C[C@H]1CN(C(=O)OC(C)(C)C)CC[C@H]1c1nc(CCl)cs1. The van der Waals surface area contributed by atoms with Gasteiger partial charge in [-0.3, -0.25) is 0 Å². The Labute approximate surface area is 135 Å². The minimum Gasteiger partial charge on any atom is -0.444 e. The van der Waals surface area contributed by atoms with Crippen molar-refractivity contribution in [3.63, 3.8) is 0 Å². The summed E-state index contributed by atoms with van der Waals surface area (Å²) in [5, 5.41) is 3.16. The molecule has 0 bridgehead atoms. The number of ether oxygens (including phenoxy) is 1. The third kappa shape index (κ3) is 4.33. The predicted octanol–water partition coefficient (Wildman–Crippen LogP) is 4.24. The van der Waals surface area contributed by atoms with E-state index in [0.29, 0.717) is 17.7 Å². The molecule has 118 valence electrons. The Hall–Kier alpha value is -0.810. The topological polar surface area (TPSA) is 42.4 Å². The smallest absolute Gasteiger partial charge is 0.410 e. The molecular weight excluding hydrogens is 308 g/mol. The third-order valence-corrected chi connectivity index (χ3v) is 4.88. The lowest BCUT2D eigenvalue weighted by atomic mass is 9.87. The lowest BCUT2D eigenvalue weighted by Crippen LogP contribution is -2.44. The van der Waals surface area contributed by atoms with E-state index in [1.807, 2.05) is 31.1 Å². The van der Waals surface area contributed by atoms with Gasteiger partial charge in [-0.2, -0.15) is 0 Å². The highest BCUT2D eigenvalue weighted by molar-refractivity contribution is 7.09. The lowest BCUT2D eigenvalue weighted by molar-refractivity contribution is 0.0155. The van der Waals surface area contributed by atoms with E-state index in [-0.39, 0.29) is 6.09 Å². The normalized spacial score (nSPS) is 23.2. The van der Waals surface area contributed by atoms with Gasteiger partial charge in [0.15, 0.2) is 0 Å². The fourth-order valence-electron chi connectivity index (χ4n) is 2.56. The van der Waals surface area contributed by atoms with E-state index < -0.39 is 5.60 Å². The second-order valence-corrected chi connectivity index (χ2v) is 7.77. The van der Waals surface area contributed by atoms with E-state index in [1.165, 1.54) is 0 Å². The van der Waals surface area contributed by atoms with Crippen LogP contribution in [0.3, 0.4) is 0 Å². The van der Waals surface area contributed by atoms with E-state index >= 15 is 0 Å². The number of hydrogen-bond acceptors (Lipinski definition) is 4. The number of aromatic nitrogens is 1. The van der Waals surface area contributed by atoms with E-state index in [9.17, 15) is 4.79 Å². The molecule has 1 aliphatic rings. The van der Waals surface area contributed by atoms with Crippen molar-refractivity contribution in [3.05, 3.63) is 16.1 Å². The summed E-state index contributed by atoms with van der Waals surface area (Å²) >= 11 is 7.49. The Morgan fingerprint density at radius 3 is 2.81 bits per heavy atom. The maximum Gasteiger partial charge on any atom is 0.410 e. The third-order valence-electron chi connectivity index (χ3n) is 3.58. The second kappa shape index (κ2) is 6.53. The number of rotatable bonds is 2. The van der Waals surface area contributed by atoms with Crippen molar-refractivity contribution in [2.45, 2.75) is 51.5 Å². The van der Waals surface area contributed by atoms with Crippen LogP contribution in [-0.4, -0.2) is 34.7 Å². The lowest BCUT2D eigenvalue weighted by Gasteiger charge is -2.36. The van der Waals surface area contributed by atoms with Crippen LogP contribution >= 0.6 is 22.9 Å². The fraction of sp³-hybridized carbons (Fsp3) is 0.733. The van der Waals surface area contributed by atoms with E-state index in [0.717, 1.165) is 30.2 Å². The minimum atomic E-state index is -0.443. The van der Waals surface area contributed by atoms with Crippen molar-refractivity contribution in [3.8, 4) is 0 Å². The van der Waals surface area contributed by atoms with Crippen LogP contribution in [0.15, 0.2) is 5.38 Å². The van der Waals surface area contributed by atoms with E-state index in [2.05, 4.69) is 11.9 Å². The number of thiazole rings is 1. The van der Waals surface area contributed by atoms with Gasteiger partial charge >= 0.3 is 6.09 Å². The van der Waals surface area contributed by atoms with Crippen LogP contribution < -0.4 is 0 Å². The Kier molecular flexibility index (Phi) is 5.15. The van der Waals surface area contributed by atoms with Crippen LogP contribution in [0.25, 0.3) is 0 Å². The molecule has 0 saturated carbocycles. The summed E-state index contributed by atoms with van der Waals surface area (Å²) in [6.07, 6.45) is 0.712. The van der Waals surface area contributed by atoms with Crippen molar-refractivity contribution in [1.82, 2.24) is 9.88 Å². The molecule has 0 aromatic carbocycles. The van der Waals surface area contributed by atoms with Gasteiger partial charge in [0.2, 0.25) is 0 Å². The molecule has 1 aromatic rings. The molecule has 1 aliphatic heterocycles. The first-order chi connectivity index (χ1) is 9.80. The number of nitrogens with zero attached hydrogens (tertiary/aromatic N) is 2. The molecule has 0 N–H and O–H groups in total. The maximum absolute atomic E-state index is 12.1. The monoisotopic (exact) mass is 330 g/mol. The standard InChI is InChI=1S/C15H23ClN2O2S/c1-10-8-18(14(19)20-15(2,3)4)6-5-12(10)13-17-11(7-16)9-21-13/h9-10,12H,5-8H2,1-4H3/t10-,12+/m0/s1. The number of hydrogen-bond donors (Lipinski definition) is 0. The van der Waals surface area contributed by atoms with Crippen molar-refractivity contribution in [2.24, 2.45) is 5.92 Å². The van der Waals surface area contributed by atoms with Crippen LogP contribution in [-0.2, 0) is 10.6 Å². The van der Waals surface area contributed by atoms with Crippen LogP contribution in [0, 0.1) is 5.92 Å². The number of halogens is 1. The Morgan fingerprint density at radius 2 is 2.29 bits per heavy atom. The zero-order valence-electron chi connectivity index (χ0n) is 13.1. The first-order valence-electron chi connectivity index (χ1n) is 7.28. The highest BCUT2D eigenvalue weighted by atomic mass is 35.5. The zero-order chi connectivity index (χ0) is 15.6. The number of alkyl halides is 1. The van der Waals surface area contributed by atoms with Gasteiger partial charge in [-0.05, 0) is 33.1 Å². The number of piperidine rings is 1. The van der Waals surface area contributed by atoms with Gasteiger partial charge in [-0.1, -0.05) is 6.92 Å². The van der Waals surface area contributed by atoms with Gasteiger partial charge in [0.25, 0.3) is 0 Å². The Morgan fingerprint density at radius 1 is 1.57 bits per heavy atom. The van der Waals surface area contributed by atoms with Crippen LogP contribution in [0.4, 0.5) is 4.79 Å². The van der Waals surface area contributed by atoms with Gasteiger partial charge in [-0.25, -0.2) is 9.78 Å². The fourth-order valence-corrected chi connectivity index (χ4v) is 3.88. The average Bonchev–Trinajstić information content (AvgIpc) is 2.85. The van der Waals surface area contributed by atoms with Gasteiger partial charge in [0, 0.05) is 24.4 Å². The Balaban J connectivity index is 1.97. The number of carbonyl (C=O) groups excluding carboxylic acids is 1. The van der Waals surface area contributed by atoms with E-state index in [1.54, 1.807) is 11.3 Å². The first-order valence-corrected chi connectivity index (χ1v) is 8.69. The first kappa shape index (κ1) is 16.6. The number of likely N-dealkylation sites (tertiary alicyclic amines) is 1. The summed E-state index contributed by atoms with van der Waals surface area (Å²) in [6, 6.07) is 0. The summed E-state index contributed by atoms with van der Waals surface area (Å²) < 4.78 is 5.44. The molecule has 1 aromatic heterocycles. The summed E-state index contributed by atoms with van der Waals surface area (Å²) in [7, 11) is 0. The average molecular weight is 331 g/mol. The van der Waals surface area contributed by atoms with Crippen molar-refractivity contribution in [2.75, 3.05) is 13.1 Å². The molecule has 6 heteroatoms. The molecule has 0 radical (unpaired) electrons.